The number of carbonyl (C=O) groups excluding carboxylic acids is 1. The Morgan fingerprint density at radius 2 is 2.25 bits per heavy atom. The Kier molecular flexibility index (Phi) is 3.42. The topological polar surface area (TPSA) is 17.1 Å². The molecule has 0 saturated carbocycles. The first-order valence-electron chi connectivity index (χ1n) is 6.36. The molecule has 2 aliphatic rings. The highest BCUT2D eigenvalue weighted by molar-refractivity contribution is 6.05. The van der Waals surface area contributed by atoms with Crippen LogP contribution < -0.4 is 0 Å². The summed E-state index contributed by atoms with van der Waals surface area (Å²) in [5.74, 6) is 0.230. The molecule has 0 fully saturated rings. The predicted octanol–water partition coefficient (Wildman–Crippen LogP) is 3.97. The third kappa shape index (κ3) is 2.34. The SMILES string of the molecule is CCCCC1=CC2(C=CC1=O)CC=CCC2. The van der Waals surface area contributed by atoms with Gasteiger partial charge in [0.15, 0.2) is 5.78 Å². The number of allylic oxidation sites excluding steroid dienone is 6. The number of rotatable bonds is 3. The minimum absolute atomic E-state index is 0.158. The van der Waals surface area contributed by atoms with Crippen molar-refractivity contribution in [3.8, 4) is 0 Å². The maximum atomic E-state index is 11.8. The van der Waals surface area contributed by atoms with E-state index in [1.807, 2.05) is 0 Å². The quantitative estimate of drug-likeness (QED) is 0.652. The van der Waals surface area contributed by atoms with Gasteiger partial charge < -0.3 is 0 Å². The average Bonchev–Trinajstić information content (AvgIpc) is 2.32. The van der Waals surface area contributed by atoms with Gasteiger partial charge in [0.2, 0.25) is 0 Å². The summed E-state index contributed by atoms with van der Waals surface area (Å²) in [6.07, 6.45) is 17.2. The summed E-state index contributed by atoms with van der Waals surface area (Å²) in [4.78, 5) is 11.8. The van der Waals surface area contributed by atoms with Crippen LogP contribution in [0.3, 0.4) is 0 Å². The zero-order valence-corrected chi connectivity index (χ0v) is 10.0. The Hall–Kier alpha value is -1.11. The van der Waals surface area contributed by atoms with E-state index in [4.69, 9.17) is 0 Å². The second-order valence-electron chi connectivity index (χ2n) is 4.92. The van der Waals surface area contributed by atoms with Crippen LogP contribution >= 0.6 is 0 Å². The van der Waals surface area contributed by atoms with E-state index in [1.165, 1.54) is 0 Å². The molecule has 0 heterocycles. The summed E-state index contributed by atoms with van der Waals surface area (Å²) in [7, 11) is 0. The van der Waals surface area contributed by atoms with Gasteiger partial charge in [0.25, 0.3) is 0 Å². The Labute approximate surface area is 97.9 Å². The van der Waals surface area contributed by atoms with Crippen LogP contribution in [0.5, 0.6) is 0 Å². The third-order valence-corrected chi connectivity index (χ3v) is 3.59. The molecule has 1 atom stereocenters. The van der Waals surface area contributed by atoms with Gasteiger partial charge in [-0.2, -0.15) is 0 Å². The molecule has 0 amide bonds. The van der Waals surface area contributed by atoms with Crippen molar-refractivity contribution in [2.24, 2.45) is 5.41 Å². The van der Waals surface area contributed by atoms with E-state index in [9.17, 15) is 4.79 Å². The van der Waals surface area contributed by atoms with Gasteiger partial charge in [-0.25, -0.2) is 0 Å². The lowest BCUT2D eigenvalue weighted by Gasteiger charge is -2.31. The van der Waals surface area contributed by atoms with Crippen LogP contribution in [0, 0.1) is 5.41 Å². The maximum Gasteiger partial charge on any atom is 0.181 e. The van der Waals surface area contributed by atoms with Gasteiger partial charge >= 0.3 is 0 Å². The summed E-state index contributed by atoms with van der Waals surface area (Å²) < 4.78 is 0. The molecular weight excluding hydrogens is 196 g/mol. The highest BCUT2D eigenvalue weighted by Gasteiger charge is 2.29. The molecule has 1 heteroatoms. The summed E-state index contributed by atoms with van der Waals surface area (Å²) >= 11 is 0. The molecule has 1 spiro atoms. The average molecular weight is 216 g/mol. The molecule has 0 aromatic rings. The number of carbonyl (C=O) groups is 1. The van der Waals surface area contributed by atoms with Gasteiger partial charge in [-0.05, 0) is 43.8 Å². The Morgan fingerprint density at radius 1 is 1.38 bits per heavy atom. The lowest BCUT2D eigenvalue weighted by Crippen LogP contribution is -2.22. The number of hydrogen-bond donors (Lipinski definition) is 0. The first-order valence-corrected chi connectivity index (χ1v) is 6.36. The molecule has 0 radical (unpaired) electrons. The van der Waals surface area contributed by atoms with Crippen LogP contribution in [0.1, 0.15) is 45.4 Å². The second kappa shape index (κ2) is 4.82. The van der Waals surface area contributed by atoms with E-state index in [0.717, 1.165) is 44.1 Å². The standard InChI is InChI=1S/C15H20O/c1-2-3-7-13-12-15(11-8-14(13)16)9-5-4-6-10-15/h4-5,8,11-12H,2-3,6-7,9-10H2,1H3. The van der Waals surface area contributed by atoms with Crippen molar-refractivity contribution in [1.29, 1.82) is 0 Å². The molecule has 0 aromatic carbocycles. The van der Waals surface area contributed by atoms with Crippen LogP contribution in [-0.4, -0.2) is 5.78 Å². The van der Waals surface area contributed by atoms with Crippen LogP contribution in [0.15, 0.2) is 36.0 Å². The van der Waals surface area contributed by atoms with Crippen molar-refractivity contribution in [3.63, 3.8) is 0 Å². The van der Waals surface area contributed by atoms with Gasteiger partial charge in [0, 0.05) is 5.41 Å². The molecule has 0 bridgehead atoms. The molecule has 1 nitrogen and oxygen atoms in total. The number of hydrogen-bond acceptors (Lipinski definition) is 1. The highest BCUT2D eigenvalue weighted by Crippen LogP contribution is 2.39. The summed E-state index contributed by atoms with van der Waals surface area (Å²) in [6.45, 7) is 2.17. The minimum atomic E-state index is 0.158. The lowest BCUT2D eigenvalue weighted by molar-refractivity contribution is -0.111. The molecule has 0 saturated heterocycles. The molecule has 86 valence electrons. The van der Waals surface area contributed by atoms with E-state index in [2.05, 4.69) is 31.2 Å². The normalized spacial score (nSPS) is 28.6. The Bertz CT molecular complexity index is 360. The van der Waals surface area contributed by atoms with E-state index >= 15 is 0 Å². The van der Waals surface area contributed by atoms with Crippen LogP contribution in [0.2, 0.25) is 0 Å². The van der Waals surface area contributed by atoms with Gasteiger partial charge in [-0.3, -0.25) is 4.79 Å². The fourth-order valence-electron chi connectivity index (χ4n) is 2.53. The first-order chi connectivity index (χ1) is 7.76. The third-order valence-electron chi connectivity index (χ3n) is 3.59. The molecule has 1 unspecified atom stereocenters. The van der Waals surface area contributed by atoms with Gasteiger partial charge in [0.05, 0.1) is 0 Å². The van der Waals surface area contributed by atoms with E-state index in [-0.39, 0.29) is 11.2 Å². The smallest absolute Gasteiger partial charge is 0.181 e. The minimum Gasteiger partial charge on any atom is -0.290 e. The van der Waals surface area contributed by atoms with Gasteiger partial charge in [-0.15, -0.1) is 0 Å². The summed E-state index contributed by atoms with van der Waals surface area (Å²) in [5, 5.41) is 0. The summed E-state index contributed by atoms with van der Waals surface area (Å²) in [5.41, 5.74) is 1.20. The fourth-order valence-corrected chi connectivity index (χ4v) is 2.53. The van der Waals surface area contributed by atoms with E-state index < -0.39 is 0 Å². The zero-order chi connectivity index (χ0) is 11.4. The van der Waals surface area contributed by atoms with Crippen LogP contribution in [0.25, 0.3) is 0 Å². The fraction of sp³-hybridized carbons (Fsp3) is 0.533. The molecule has 2 rings (SSSR count). The molecular formula is C15H20O. The lowest BCUT2D eigenvalue weighted by atomic mass is 9.72. The maximum absolute atomic E-state index is 11.8. The van der Waals surface area contributed by atoms with Crippen molar-refractivity contribution >= 4 is 5.78 Å². The largest absolute Gasteiger partial charge is 0.290 e. The first kappa shape index (κ1) is 11.4. The molecule has 0 aromatic heterocycles. The second-order valence-corrected chi connectivity index (χ2v) is 4.92. The van der Waals surface area contributed by atoms with Crippen molar-refractivity contribution < 1.29 is 4.79 Å². The monoisotopic (exact) mass is 216 g/mol. The Morgan fingerprint density at radius 3 is 2.94 bits per heavy atom. The van der Waals surface area contributed by atoms with E-state index in [1.54, 1.807) is 6.08 Å². The van der Waals surface area contributed by atoms with Crippen LogP contribution in [0.4, 0.5) is 0 Å². The predicted molar refractivity (Wildman–Crippen MR) is 67.2 cm³/mol. The van der Waals surface area contributed by atoms with Gasteiger partial charge in [-0.1, -0.05) is 37.6 Å². The number of ketones is 1. The Balaban J connectivity index is 2.16. The highest BCUT2D eigenvalue weighted by atomic mass is 16.1. The van der Waals surface area contributed by atoms with Crippen molar-refractivity contribution in [1.82, 2.24) is 0 Å². The van der Waals surface area contributed by atoms with Crippen molar-refractivity contribution in [2.75, 3.05) is 0 Å². The zero-order valence-electron chi connectivity index (χ0n) is 10.0. The molecule has 16 heavy (non-hydrogen) atoms. The van der Waals surface area contributed by atoms with Crippen molar-refractivity contribution in [2.45, 2.75) is 45.4 Å². The van der Waals surface area contributed by atoms with E-state index in [0.29, 0.717) is 0 Å². The molecule has 0 N–H and O–H groups in total. The molecule has 0 aliphatic heterocycles. The van der Waals surface area contributed by atoms with Crippen molar-refractivity contribution in [3.05, 3.63) is 36.0 Å². The number of unbranched alkanes of at least 4 members (excludes halogenated alkanes) is 1. The molecule has 2 aliphatic carbocycles. The summed E-state index contributed by atoms with van der Waals surface area (Å²) in [6, 6.07) is 0. The van der Waals surface area contributed by atoms with Gasteiger partial charge in [0.1, 0.15) is 0 Å². The van der Waals surface area contributed by atoms with Crippen LogP contribution in [-0.2, 0) is 4.79 Å².